The predicted octanol–water partition coefficient (Wildman–Crippen LogP) is 3.71. The first-order chi connectivity index (χ1) is 14.0. The summed E-state index contributed by atoms with van der Waals surface area (Å²) < 4.78 is 5.15. The van der Waals surface area contributed by atoms with Crippen molar-refractivity contribution in [3.05, 3.63) is 70.3 Å². The molecule has 0 aliphatic carbocycles. The lowest BCUT2D eigenvalue weighted by Gasteiger charge is -2.26. The maximum atomic E-state index is 12.3. The highest BCUT2D eigenvalue weighted by molar-refractivity contribution is 8.03. The SMILES string of the molecule is COc1cccc(NC(=O)CSC2=C(C#N)[C@H](c3ccccc3C)CC(=O)N2)c1. The zero-order valence-electron chi connectivity index (χ0n) is 16.2. The molecule has 0 aromatic heterocycles. The van der Waals surface area contributed by atoms with E-state index >= 15 is 0 Å². The highest BCUT2D eigenvalue weighted by Gasteiger charge is 2.30. The zero-order valence-corrected chi connectivity index (χ0v) is 17.0. The van der Waals surface area contributed by atoms with Crippen LogP contribution in [0, 0.1) is 18.3 Å². The Labute approximate surface area is 173 Å². The van der Waals surface area contributed by atoms with Gasteiger partial charge in [-0.15, -0.1) is 0 Å². The van der Waals surface area contributed by atoms with Crippen molar-refractivity contribution >= 4 is 29.3 Å². The van der Waals surface area contributed by atoms with Gasteiger partial charge in [-0.25, -0.2) is 0 Å². The van der Waals surface area contributed by atoms with Gasteiger partial charge in [-0.3, -0.25) is 9.59 Å². The number of benzene rings is 2. The molecule has 1 atom stereocenters. The summed E-state index contributed by atoms with van der Waals surface area (Å²) in [6.07, 6.45) is 0.216. The van der Waals surface area contributed by atoms with Crippen molar-refractivity contribution in [1.29, 1.82) is 5.26 Å². The maximum Gasteiger partial charge on any atom is 0.234 e. The molecule has 0 spiro atoms. The number of carbonyl (C=O) groups is 2. The number of rotatable bonds is 6. The van der Waals surface area contributed by atoms with E-state index in [0.29, 0.717) is 22.0 Å². The van der Waals surface area contributed by atoms with Crippen LogP contribution in [0.2, 0.25) is 0 Å². The minimum atomic E-state index is -0.307. The van der Waals surface area contributed by atoms with Gasteiger partial charge in [-0.2, -0.15) is 5.26 Å². The smallest absolute Gasteiger partial charge is 0.234 e. The van der Waals surface area contributed by atoms with Crippen molar-refractivity contribution in [3.63, 3.8) is 0 Å². The van der Waals surface area contributed by atoms with Gasteiger partial charge in [0.05, 0.1) is 29.5 Å². The molecule has 2 N–H and O–H groups in total. The molecule has 0 saturated heterocycles. The Kier molecular flexibility index (Phi) is 6.57. The first kappa shape index (κ1) is 20.5. The molecule has 0 unspecified atom stereocenters. The predicted molar refractivity (Wildman–Crippen MR) is 113 cm³/mol. The number of hydrogen-bond donors (Lipinski definition) is 2. The second-order valence-corrected chi connectivity index (χ2v) is 7.57. The largest absolute Gasteiger partial charge is 0.497 e. The Morgan fingerprint density at radius 3 is 2.83 bits per heavy atom. The van der Waals surface area contributed by atoms with Crippen molar-refractivity contribution < 1.29 is 14.3 Å². The van der Waals surface area contributed by atoms with E-state index in [2.05, 4.69) is 16.7 Å². The lowest BCUT2D eigenvalue weighted by Crippen LogP contribution is -2.31. The molecule has 3 rings (SSSR count). The Bertz CT molecular complexity index is 1010. The number of nitriles is 1. The van der Waals surface area contributed by atoms with Crippen LogP contribution in [0.4, 0.5) is 5.69 Å². The van der Waals surface area contributed by atoms with E-state index in [1.807, 2.05) is 31.2 Å². The van der Waals surface area contributed by atoms with E-state index in [1.54, 1.807) is 31.4 Å². The number of nitrogens with zero attached hydrogens (tertiary/aromatic N) is 1. The van der Waals surface area contributed by atoms with Crippen LogP contribution in [0.3, 0.4) is 0 Å². The number of anilines is 1. The van der Waals surface area contributed by atoms with Crippen LogP contribution in [0.5, 0.6) is 5.75 Å². The number of hydrogen-bond acceptors (Lipinski definition) is 5. The van der Waals surface area contributed by atoms with Gasteiger partial charge in [0.25, 0.3) is 0 Å². The van der Waals surface area contributed by atoms with Gasteiger partial charge in [0.15, 0.2) is 0 Å². The molecule has 1 aliphatic heterocycles. The summed E-state index contributed by atoms with van der Waals surface area (Å²) >= 11 is 1.16. The second-order valence-electron chi connectivity index (χ2n) is 6.58. The highest BCUT2D eigenvalue weighted by Crippen LogP contribution is 2.37. The van der Waals surface area contributed by atoms with E-state index in [9.17, 15) is 14.9 Å². The van der Waals surface area contributed by atoms with Gasteiger partial charge < -0.3 is 15.4 Å². The van der Waals surface area contributed by atoms with Gasteiger partial charge in [-0.1, -0.05) is 42.1 Å². The second kappa shape index (κ2) is 9.30. The number of nitrogens with one attached hydrogen (secondary N) is 2. The molecule has 0 saturated carbocycles. The highest BCUT2D eigenvalue weighted by atomic mass is 32.2. The number of ether oxygens (including phenoxy) is 1. The summed E-state index contributed by atoms with van der Waals surface area (Å²) in [4.78, 5) is 24.6. The zero-order chi connectivity index (χ0) is 20.8. The molecule has 2 aromatic rings. The fraction of sp³-hybridized carbons (Fsp3) is 0.227. The number of amides is 2. The van der Waals surface area contributed by atoms with E-state index in [0.717, 1.165) is 22.9 Å². The van der Waals surface area contributed by atoms with Crippen molar-refractivity contribution in [2.75, 3.05) is 18.2 Å². The lowest BCUT2D eigenvalue weighted by atomic mass is 9.85. The molecule has 29 heavy (non-hydrogen) atoms. The van der Waals surface area contributed by atoms with Gasteiger partial charge in [0.1, 0.15) is 5.75 Å². The van der Waals surface area contributed by atoms with Crippen LogP contribution >= 0.6 is 11.8 Å². The Balaban J connectivity index is 1.75. The topological polar surface area (TPSA) is 91.2 Å². The third kappa shape index (κ3) is 4.98. The summed E-state index contributed by atoms with van der Waals surface area (Å²) in [6, 6.07) is 17.0. The molecule has 0 fully saturated rings. The molecule has 0 radical (unpaired) electrons. The van der Waals surface area contributed by atoms with Crippen molar-refractivity contribution in [2.24, 2.45) is 0 Å². The molecule has 6 nitrogen and oxygen atoms in total. The molecule has 148 valence electrons. The third-order valence-electron chi connectivity index (χ3n) is 4.62. The summed E-state index contributed by atoms with van der Waals surface area (Å²) in [7, 11) is 1.56. The summed E-state index contributed by atoms with van der Waals surface area (Å²) in [5.74, 6) is 0.0103. The standard InChI is InChI=1S/C22H21N3O3S/c1-14-6-3-4-9-17(14)18-11-20(26)25-22(19(18)12-23)29-13-21(27)24-15-7-5-8-16(10-15)28-2/h3-10,18H,11,13H2,1-2H3,(H,24,27)(H,25,26)/t18-/m0/s1. The normalized spacial score (nSPS) is 16.0. The molecular formula is C22H21N3O3S. The maximum absolute atomic E-state index is 12.3. The van der Waals surface area contributed by atoms with E-state index in [-0.39, 0.29) is 29.9 Å². The molecule has 1 heterocycles. The van der Waals surface area contributed by atoms with Gasteiger partial charge in [-0.05, 0) is 30.2 Å². The molecule has 7 heteroatoms. The Hall–Kier alpha value is -3.24. The molecule has 2 amide bonds. The number of aryl methyl sites for hydroxylation is 1. The van der Waals surface area contributed by atoms with E-state index < -0.39 is 0 Å². The number of allylic oxidation sites excluding steroid dienone is 1. The van der Waals surface area contributed by atoms with Crippen LogP contribution in [0.1, 0.15) is 23.5 Å². The average molecular weight is 407 g/mol. The summed E-state index contributed by atoms with van der Waals surface area (Å²) in [5, 5.41) is 15.7. The lowest BCUT2D eigenvalue weighted by molar-refractivity contribution is -0.121. The Morgan fingerprint density at radius 1 is 1.31 bits per heavy atom. The van der Waals surface area contributed by atoms with Crippen molar-refractivity contribution in [1.82, 2.24) is 5.32 Å². The first-order valence-electron chi connectivity index (χ1n) is 9.08. The third-order valence-corrected chi connectivity index (χ3v) is 5.64. The van der Waals surface area contributed by atoms with Gasteiger partial charge in [0, 0.05) is 24.1 Å². The molecule has 0 bridgehead atoms. The van der Waals surface area contributed by atoms with Crippen LogP contribution in [0.25, 0.3) is 0 Å². The molecule has 1 aliphatic rings. The van der Waals surface area contributed by atoms with Crippen LogP contribution in [0.15, 0.2) is 59.1 Å². The van der Waals surface area contributed by atoms with Gasteiger partial charge >= 0.3 is 0 Å². The van der Waals surface area contributed by atoms with Gasteiger partial charge in [0.2, 0.25) is 11.8 Å². The van der Waals surface area contributed by atoms with Crippen molar-refractivity contribution in [3.8, 4) is 11.8 Å². The van der Waals surface area contributed by atoms with Crippen LogP contribution in [-0.4, -0.2) is 24.7 Å². The fourth-order valence-electron chi connectivity index (χ4n) is 3.21. The quantitative estimate of drug-likeness (QED) is 0.762. The fourth-order valence-corrected chi connectivity index (χ4v) is 4.09. The van der Waals surface area contributed by atoms with E-state index in [1.165, 1.54) is 0 Å². The monoisotopic (exact) mass is 407 g/mol. The summed E-state index contributed by atoms with van der Waals surface area (Å²) in [6.45, 7) is 1.96. The average Bonchev–Trinajstić information content (AvgIpc) is 2.72. The van der Waals surface area contributed by atoms with E-state index in [4.69, 9.17) is 4.74 Å². The number of carbonyl (C=O) groups excluding carboxylic acids is 2. The summed E-state index contributed by atoms with van der Waals surface area (Å²) in [5.41, 5.74) is 3.09. The van der Waals surface area contributed by atoms with Crippen molar-refractivity contribution in [2.45, 2.75) is 19.3 Å². The Morgan fingerprint density at radius 2 is 2.10 bits per heavy atom. The first-order valence-corrected chi connectivity index (χ1v) is 10.1. The molecule has 2 aromatic carbocycles. The minimum Gasteiger partial charge on any atom is -0.497 e. The van der Waals surface area contributed by atoms with Crippen LogP contribution in [-0.2, 0) is 9.59 Å². The molecular weight excluding hydrogens is 386 g/mol. The van der Waals surface area contributed by atoms with Crippen LogP contribution < -0.4 is 15.4 Å². The number of thioether (sulfide) groups is 1. The minimum absolute atomic E-state index is 0.0680. The number of methoxy groups -OCH3 is 1.